The number of carboxylic acid groups (broad SMARTS) is 1. The predicted molar refractivity (Wildman–Crippen MR) is 80.6 cm³/mol. The predicted octanol–water partition coefficient (Wildman–Crippen LogP) is 1.97. The number of aliphatic carboxylic acids is 1. The van der Waals surface area contributed by atoms with Crippen molar-refractivity contribution in [1.82, 2.24) is 5.32 Å². The molecule has 0 amide bonds. The Morgan fingerprint density at radius 1 is 1.50 bits per heavy atom. The number of ether oxygens (including phenoxy) is 1. The minimum atomic E-state index is -1.01. The normalized spacial score (nSPS) is 13.9. The summed E-state index contributed by atoms with van der Waals surface area (Å²) in [5, 5.41) is 12.6. The molecule has 1 atom stereocenters. The molecule has 1 unspecified atom stereocenters. The molecule has 0 aliphatic carbocycles. The van der Waals surface area contributed by atoms with E-state index in [-0.39, 0.29) is 6.04 Å². The number of likely N-dealkylation sites (N-methyl/N-ethyl adjacent to an activating group) is 1. The molecule has 0 saturated heterocycles. The van der Waals surface area contributed by atoms with E-state index in [1.165, 1.54) is 0 Å². The standard InChI is InChI=1S/C15H24N2O3/c1-11(2)16-15(3,14(18)19)10-17(4)12-7-6-8-13(9-12)20-5/h6-9,11,16H,10H2,1-5H3,(H,18,19). The molecule has 112 valence electrons. The fourth-order valence-electron chi connectivity index (χ4n) is 2.23. The van der Waals surface area contributed by atoms with Crippen molar-refractivity contribution >= 4 is 11.7 Å². The van der Waals surface area contributed by atoms with E-state index in [0.29, 0.717) is 6.54 Å². The highest BCUT2D eigenvalue weighted by molar-refractivity contribution is 5.79. The first-order valence-corrected chi connectivity index (χ1v) is 6.65. The van der Waals surface area contributed by atoms with Gasteiger partial charge < -0.3 is 14.7 Å². The van der Waals surface area contributed by atoms with Crippen LogP contribution in [0.5, 0.6) is 5.75 Å². The van der Waals surface area contributed by atoms with Crippen LogP contribution >= 0.6 is 0 Å². The molecule has 0 heterocycles. The highest BCUT2D eigenvalue weighted by Gasteiger charge is 2.34. The molecule has 0 saturated carbocycles. The second-order valence-electron chi connectivity index (χ2n) is 5.49. The summed E-state index contributed by atoms with van der Waals surface area (Å²) in [5.74, 6) is -0.107. The number of hydrogen-bond acceptors (Lipinski definition) is 4. The smallest absolute Gasteiger partial charge is 0.325 e. The lowest BCUT2D eigenvalue weighted by atomic mass is 10.0. The molecular weight excluding hydrogens is 256 g/mol. The summed E-state index contributed by atoms with van der Waals surface area (Å²) in [7, 11) is 3.48. The second kappa shape index (κ2) is 6.61. The summed E-state index contributed by atoms with van der Waals surface area (Å²) in [5.41, 5.74) is -0.0891. The van der Waals surface area contributed by atoms with Crippen LogP contribution in [0, 0.1) is 0 Å². The molecule has 5 heteroatoms. The summed E-state index contributed by atoms with van der Waals surface area (Å²) in [6.07, 6.45) is 0. The molecule has 0 radical (unpaired) electrons. The van der Waals surface area contributed by atoms with E-state index in [4.69, 9.17) is 4.74 Å². The Hall–Kier alpha value is -1.75. The van der Waals surface area contributed by atoms with Crippen LogP contribution < -0.4 is 15.0 Å². The van der Waals surface area contributed by atoms with E-state index in [1.807, 2.05) is 50.1 Å². The number of methoxy groups -OCH3 is 1. The minimum Gasteiger partial charge on any atom is -0.497 e. The van der Waals surface area contributed by atoms with Crippen molar-refractivity contribution < 1.29 is 14.6 Å². The van der Waals surface area contributed by atoms with Crippen LogP contribution in [0.25, 0.3) is 0 Å². The topological polar surface area (TPSA) is 61.8 Å². The number of nitrogens with zero attached hydrogens (tertiary/aromatic N) is 1. The van der Waals surface area contributed by atoms with Crippen molar-refractivity contribution in [1.29, 1.82) is 0 Å². The van der Waals surface area contributed by atoms with E-state index in [9.17, 15) is 9.90 Å². The van der Waals surface area contributed by atoms with Gasteiger partial charge in [-0.05, 0) is 32.9 Å². The van der Waals surface area contributed by atoms with Gasteiger partial charge in [-0.1, -0.05) is 6.07 Å². The summed E-state index contributed by atoms with van der Waals surface area (Å²) in [6, 6.07) is 7.66. The molecule has 0 aliphatic heterocycles. The molecule has 20 heavy (non-hydrogen) atoms. The van der Waals surface area contributed by atoms with Crippen LogP contribution in [-0.4, -0.2) is 43.4 Å². The van der Waals surface area contributed by atoms with Crippen molar-refractivity contribution in [2.45, 2.75) is 32.4 Å². The highest BCUT2D eigenvalue weighted by Crippen LogP contribution is 2.21. The SMILES string of the molecule is COc1cccc(N(C)CC(C)(NC(C)C)C(=O)O)c1. The number of carboxylic acids is 1. The second-order valence-corrected chi connectivity index (χ2v) is 5.49. The first kappa shape index (κ1) is 16.3. The van der Waals surface area contributed by atoms with Gasteiger partial charge in [0.1, 0.15) is 11.3 Å². The van der Waals surface area contributed by atoms with Crippen LogP contribution in [0.4, 0.5) is 5.69 Å². The van der Waals surface area contributed by atoms with Gasteiger partial charge in [-0.25, -0.2) is 0 Å². The maximum Gasteiger partial charge on any atom is 0.325 e. The van der Waals surface area contributed by atoms with Gasteiger partial charge in [-0.15, -0.1) is 0 Å². The monoisotopic (exact) mass is 280 g/mol. The van der Waals surface area contributed by atoms with Gasteiger partial charge in [0, 0.05) is 31.4 Å². The van der Waals surface area contributed by atoms with Crippen LogP contribution in [0.15, 0.2) is 24.3 Å². The molecular formula is C15H24N2O3. The number of carbonyl (C=O) groups is 1. The van der Waals surface area contributed by atoms with Crippen molar-refractivity contribution in [2.24, 2.45) is 0 Å². The third kappa shape index (κ3) is 4.13. The van der Waals surface area contributed by atoms with Crippen LogP contribution in [0.1, 0.15) is 20.8 Å². The maximum atomic E-state index is 11.5. The number of hydrogen-bond donors (Lipinski definition) is 2. The maximum absolute atomic E-state index is 11.5. The highest BCUT2D eigenvalue weighted by atomic mass is 16.5. The zero-order valence-electron chi connectivity index (χ0n) is 12.8. The third-order valence-corrected chi connectivity index (χ3v) is 3.13. The molecule has 0 fully saturated rings. The van der Waals surface area contributed by atoms with E-state index >= 15 is 0 Å². The molecule has 1 aromatic carbocycles. The average Bonchev–Trinajstić information content (AvgIpc) is 2.37. The van der Waals surface area contributed by atoms with Crippen molar-refractivity contribution in [3.05, 3.63) is 24.3 Å². The molecule has 0 aromatic heterocycles. The zero-order valence-corrected chi connectivity index (χ0v) is 12.8. The van der Waals surface area contributed by atoms with Gasteiger partial charge >= 0.3 is 5.97 Å². The number of rotatable bonds is 7. The Kier molecular flexibility index (Phi) is 5.39. The lowest BCUT2D eigenvalue weighted by molar-refractivity contribution is -0.144. The van der Waals surface area contributed by atoms with Crippen LogP contribution in [0.3, 0.4) is 0 Å². The van der Waals surface area contributed by atoms with Crippen molar-refractivity contribution in [3.63, 3.8) is 0 Å². The number of nitrogens with one attached hydrogen (secondary N) is 1. The summed E-state index contributed by atoms with van der Waals surface area (Å²) < 4.78 is 5.19. The van der Waals surface area contributed by atoms with E-state index < -0.39 is 11.5 Å². The first-order valence-electron chi connectivity index (χ1n) is 6.65. The average molecular weight is 280 g/mol. The Bertz CT molecular complexity index is 462. The molecule has 1 aromatic rings. The van der Waals surface area contributed by atoms with Gasteiger partial charge in [0.2, 0.25) is 0 Å². The molecule has 0 spiro atoms. The Morgan fingerprint density at radius 2 is 2.15 bits per heavy atom. The molecule has 5 nitrogen and oxygen atoms in total. The van der Waals surface area contributed by atoms with E-state index in [2.05, 4.69) is 5.32 Å². The molecule has 0 aliphatic rings. The van der Waals surface area contributed by atoms with Gasteiger partial charge in [0.25, 0.3) is 0 Å². The zero-order chi connectivity index (χ0) is 15.3. The van der Waals surface area contributed by atoms with Crippen LogP contribution in [-0.2, 0) is 4.79 Å². The van der Waals surface area contributed by atoms with Crippen molar-refractivity contribution in [2.75, 3.05) is 25.6 Å². The molecule has 1 rings (SSSR count). The quantitative estimate of drug-likeness (QED) is 0.799. The molecule has 0 bridgehead atoms. The Balaban J connectivity index is 2.90. The lowest BCUT2D eigenvalue weighted by Gasteiger charge is -2.33. The van der Waals surface area contributed by atoms with E-state index in [0.717, 1.165) is 11.4 Å². The van der Waals surface area contributed by atoms with Gasteiger partial charge in [-0.3, -0.25) is 10.1 Å². The molecule has 2 N–H and O–H groups in total. The number of anilines is 1. The van der Waals surface area contributed by atoms with Gasteiger partial charge in [0.05, 0.1) is 7.11 Å². The third-order valence-electron chi connectivity index (χ3n) is 3.13. The summed E-state index contributed by atoms with van der Waals surface area (Å²) >= 11 is 0. The first-order chi connectivity index (χ1) is 9.28. The Labute approximate surface area is 120 Å². The largest absolute Gasteiger partial charge is 0.497 e. The summed E-state index contributed by atoms with van der Waals surface area (Å²) in [4.78, 5) is 13.4. The fourth-order valence-corrected chi connectivity index (χ4v) is 2.23. The van der Waals surface area contributed by atoms with Crippen LogP contribution in [0.2, 0.25) is 0 Å². The lowest BCUT2D eigenvalue weighted by Crippen LogP contribution is -2.58. The van der Waals surface area contributed by atoms with Gasteiger partial charge in [-0.2, -0.15) is 0 Å². The Morgan fingerprint density at radius 3 is 2.65 bits per heavy atom. The summed E-state index contributed by atoms with van der Waals surface area (Å²) in [6.45, 7) is 5.93. The van der Waals surface area contributed by atoms with E-state index in [1.54, 1.807) is 14.0 Å². The fraction of sp³-hybridized carbons (Fsp3) is 0.533. The van der Waals surface area contributed by atoms with Crippen molar-refractivity contribution in [3.8, 4) is 5.75 Å². The number of benzene rings is 1. The van der Waals surface area contributed by atoms with Gasteiger partial charge in [0.15, 0.2) is 0 Å². The minimum absolute atomic E-state index is 0.0924.